The second-order valence-electron chi connectivity index (χ2n) is 4.50. The smallest absolute Gasteiger partial charge is 0.338 e. The number of ether oxygens (including phenoxy) is 1. The maximum atomic E-state index is 12.0. The van der Waals surface area contributed by atoms with Crippen molar-refractivity contribution in [2.24, 2.45) is 0 Å². The Balaban J connectivity index is 1.60. The number of aromatic nitrogens is 2. The van der Waals surface area contributed by atoms with Crippen molar-refractivity contribution in [3.05, 3.63) is 52.8 Å². The average molecular weight is 348 g/mol. The second-order valence-corrected chi connectivity index (χ2v) is 5.75. The van der Waals surface area contributed by atoms with Gasteiger partial charge in [0.25, 0.3) is 5.91 Å². The van der Waals surface area contributed by atoms with Crippen LogP contribution in [-0.4, -0.2) is 28.5 Å². The van der Waals surface area contributed by atoms with Gasteiger partial charge in [-0.3, -0.25) is 4.79 Å². The molecule has 3 rings (SSSR count). The third kappa shape index (κ3) is 3.64. The van der Waals surface area contributed by atoms with Gasteiger partial charge in [0.15, 0.2) is 11.8 Å². The Morgan fingerprint density at radius 3 is 2.96 bits per heavy atom. The van der Waals surface area contributed by atoms with Gasteiger partial charge >= 0.3 is 5.97 Å². The molecule has 0 saturated carbocycles. The Hall–Kier alpha value is -2.51. The van der Waals surface area contributed by atoms with Crippen molar-refractivity contribution in [2.75, 3.05) is 11.9 Å². The van der Waals surface area contributed by atoms with E-state index in [1.165, 1.54) is 17.5 Å². The number of nitrogens with one attached hydrogen (secondary N) is 1. The molecule has 0 radical (unpaired) electrons. The molecule has 0 atom stereocenters. The van der Waals surface area contributed by atoms with Gasteiger partial charge in [-0.2, -0.15) is 0 Å². The predicted molar refractivity (Wildman–Crippen MR) is 87.8 cm³/mol. The first-order valence-electron chi connectivity index (χ1n) is 6.54. The van der Waals surface area contributed by atoms with E-state index >= 15 is 0 Å². The van der Waals surface area contributed by atoms with Gasteiger partial charge in [0, 0.05) is 6.20 Å². The van der Waals surface area contributed by atoms with Crippen molar-refractivity contribution < 1.29 is 14.3 Å². The molecular weight excluding hydrogens is 338 g/mol. The zero-order valence-electron chi connectivity index (χ0n) is 11.7. The van der Waals surface area contributed by atoms with Gasteiger partial charge in [-0.15, -0.1) is 11.3 Å². The van der Waals surface area contributed by atoms with E-state index in [2.05, 4.69) is 15.3 Å². The van der Waals surface area contributed by atoms with Crippen LogP contribution in [0.25, 0.3) is 10.2 Å². The van der Waals surface area contributed by atoms with Crippen LogP contribution in [-0.2, 0) is 9.53 Å². The molecule has 2 aromatic heterocycles. The molecule has 1 N–H and O–H groups in total. The number of amides is 1. The minimum absolute atomic E-state index is 0.169. The van der Waals surface area contributed by atoms with E-state index in [9.17, 15) is 9.59 Å². The van der Waals surface area contributed by atoms with E-state index in [0.29, 0.717) is 11.3 Å². The SMILES string of the molecule is O=C(COC(=O)c1ccc2ncsc2c1)Nc1cccnc1Cl. The van der Waals surface area contributed by atoms with Crippen molar-refractivity contribution in [3.8, 4) is 0 Å². The Kier molecular flexibility index (Phi) is 4.50. The average Bonchev–Trinajstić information content (AvgIpc) is 3.02. The summed E-state index contributed by atoms with van der Waals surface area (Å²) in [5.41, 5.74) is 3.25. The van der Waals surface area contributed by atoms with E-state index in [1.54, 1.807) is 35.8 Å². The Labute approximate surface area is 140 Å². The molecule has 1 amide bonds. The Bertz CT molecular complexity index is 881. The lowest BCUT2D eigenvalue weighted by molar-refractivity contribution is -0.119. The number of nitrogens with zero attached hydrogens (tertiary/aromatic N) is 2. The van der Waals surface area contributed by atoms with Gasteiger partial charge < -0.3 is 10.1 Å². The highest BCUT2D eigenvalue weighted by atomic mass is 35.5. The molecule has 3 aromatic rings. The number of pyridine rings is 1. The summed E-state index contributed by atoms with van der Waals surface area (Å²) in [6.07, 6.45) is 1.51. The summed E-state index contributed by atoms with van der Waals surface area (Å²) in [4.78, 5) is 31.7. The first-order chi connectivity index (χ1) is 11.1. The van der Waals surface area contributed by atoms with Gasteiger partial charge in [0.2, 0.25) is 0 Å². The number of benzene rings is 1. The maximum Gasteiger partial charge on any atom is 0.338 e. The fourth-order valence-electron chi connectivity index (χ4n) is 1.86. The molecule has 0 fully saturated rings. The van der Waals surface area contributed by atoms with Crippen LogP contribution in [0.1, 0.15) is 10.4 Å². The molecule has 0 aliphatic carbocycles. The molecule has 2 heterocycles. The summed E-state index contributed by atoms with van der Waals surface area (Å²) >= 11 is 7.26. The lowest BCUT2D eigenvalue weighted by Gasteiger charge is -2.07. The molecule has 1 aromatic carbocycles. The number of hydrogen-bond acceptors (Lipinski definition) is 6. The van der Waals surface area contributed by atoms with Gasteiger partial charge in [0.1, 0.15) is 0 Å². The molecule has 0 bridgehead atoms. The topological polar surface area (TPSA) is 81.2 Å². The Morgan fingerprint density at radius 1 is 1.26 bits per heavy atom. The van der Waals surface area contributed by atoms with Crippen molar-refractivity contribution in [1.29, 1.82) is 0 Å². The minimum Gasteiger partial charge on any atom is -0.452 e. The van der Waals surface area contributed by atoms with Gasteiger partial charge in [-0.25, -0.2) is 14.8 Å². The first kappa shape index (κ1) is 15.4. The molecule has 8 heteroatoms. The summed E-state index contributed by atoms with van der Waals surface area (Å²) in [5.74, 6) is -1.07. The van der Waals surface area contributed by atoms with E-state index in [4.69, 9.17) is 16.3 Å². The quantitative estimate of drug-likeness (QED) is 0.579. The zero-order chi connectivity index (χ0) is 16.2. The van der Waals surface area contributed by atoms with Crippen molar-refractivity contribution in [1.82, 2.24) is 9.97 Å². The Morgan fingerprint density at radius 2 is 2.13 bits per heavy atom. The van der Waals surface area contributed by atoms with Crippen LogP contribution in [0.5, 0.6) is 0 Å². The predicted octanol–water partition coefficient (Wildman–Crippen LogP) is 3.14. The summed E-state index contributed by atoms with van der Waals surface area (Å²) in [7, 11) is 0. The molecule has 0 aliphatic rings. The lowest BCUT2D eigenvalue weighted by atomic mass is 10.2. The maximum absolute atomic E-state index is 12.0. The minimum atomic E-state index is -0.576. The van der Waals surface area contributed by atoms with Crippen molar-refractivity contribution in [2.45, 2.75) is 0 Å². The number of anilines is 1. The van der Waals surface area contributed by atoms with Gasteiger partial charge in [-0.05, 0) is 30.3 Å². The molecule has 0 aliphatic heterocycles. The number of hydrogen-bond donors (Lipinski definition) is 1. The summed E-state index contributed by atoms with van der Waals surface area (Å²) < 4.78 is 5.88. The number of fused-ring (bicyclic) bond motifs is 1. The zero-order valence-corrected chi connectivity index (χ0v) is 13.2. The number of carbonyl (C=O) groups excluding carboxylic acids is 2. The molecular formula is C15H10ClN3O3S. The summed E-state index contributed by atoms with van der Waals surface area (Å²) in [5, 5.41) is 2.69. The third-order valence-corrected chi connectivity index (χ3v) is 4.03. The highest BCUT2D eigenvalue weighted by Gasteiger charge is 2.12. The number of rotatable bonds is 4. The molecule has 116 valence electrons. The largest absolute Gasteiger partial charge is 0.452 e. The fourth-order valence-corrected chi connectivity index (χ4v) is 2.74. The van der Waals surface area contributed by atoms with Crippen LogP contribution in [0.15, 0.2) is 42.0 Å². The van der Waals surface area contributed by atoms with Gasteiger partial charge in [0.05, 0.1) is 27.0 Å². The van der Waals surface area contributed by atoms with Crippen LogP contribution in [0.4, 0.5) is 5.69 Å². The molecule has 0 saturated heterocycles. The van der Waals surface area contributed by atoms with Crippen LogP contribution in [0.2, 0.25) is 5.15 Å². The normalized spacial score (nSPS) is 10.5. The number of thiazole rings is 1. The number of halogens is 1. The molecule has 0 spiro atoms. The van der Waals surface area contributed by atoms with E-state index in [1.807, 2.05) is 0 Å². The lowest BCUT2D eigenvalue weighted by Crippen LogP contribution is -2.21. The fraction of sp³-hybridized carbons (Fsp3) is 0.0667. The monoisotopic (exact) mass is 347 g/mol. The molecule has 6 nitrogen and oxygen atoms in total. The van der Waals surface area contributed by atoms with Crippen LogP contribution in [0, 0.1) is 0 Å². The van der Waals surface area contributed by atoms with Crippen LogP contribution < -0.4 is 5.32 Å². The van der Waals surface area contributed by atoms with Crippen LogP contribution >= 0.6 is 22.9 Å². The third-order valence-electron chi connectivity index (χ3n) is 2.93. The summed E-state index contributed by atoms with van der Waals surface area (Å²) in [6.45, 7) is -0.412. The highest BCUT2D eigenvalue weighted by Crippen LogP contribution is 2.20. The standard InChI is InChI=1S/C15H10ClN3O3S/c16-14-11(2-1-5-17-14)19-13(20)7-22-15(21)9-3-4-10-12(6-9)23-8-18-10/h1-6,8H,7H2,(H,19,20). The number of carbonyl (C=O) groups is 2. The van der Waals surface area contributed by atoms with E-state index in [-0.39, 0.29) is 5.15 Å². The van der Waals surface area contributed by atoms with Gasteiger partial charge in [-0.1, -0.05) is 11.6 Å². The van der Waals surface area contributed by atoms with Crippen molar-refractivity contribution >= 4 is 50.7 Å². The summed E-state index contributed by atoms with van der Waals surface area (Å²) in [6, 6.07) is 8.27. The second kappa shape index (κ2) is 6.72. The van der Waals surface area contributed by atoms with E-state index in [0.717, 1.165) is 10.2 Å². The first-order valence-corrected chi connectivity index (χ1v) is 7.80. The molecule has 0 unspecified atom stereocenters. The highest BCUT2D eigenvalue weighted by molar-refractivity contribution is 7.16. The van der Waals surface area contributed by atoms with Crippen molar-refractivity contribution in [3.63, 3.8) is 0 Å². The molecule has 23 heavy (non-hydrogen) atoms. The number of esters is 1. The van der Waals surface area contributed by atoms with Crippen LogP contribution in [0.3, 0.4) is 0 Å². The van der Waals surface area contributed by atoms with E-state index < -0.39 is 18.5 Å².